The van der Waals surface area contributed by atoms with Crippen LogP contribution in [0.1, 0.15) is 37.7 Å². The fraction of sp³-hybridized carbons (Fsp3) is 0.615. The summed E-state index contributed by atoms with van der Waals surface area (Å²) in [4.78, 5) is 22.1. The van der Waals surface area contributed by atoms with Gasteiger partial charge in [-0.05, 0) is 19.3 Å². The van der Waals surface area contributed by atoms with E-state index in [4.69, 9.17) is 0 Å². The summed E-state index contributed by atoms with van der Waals surface area (Å²) in [6, 6.07) is 0.197. The van der Waals surface area contributed by atoms with Crippen molar-refractivity contribution in [3.05, 3.63) is 18.1 Å². The first-order chi connectivity index (χ1) is 8.45. The maximum Gasteiger partial charge on any atom is 0.274 e. The molecule has 0 fully saturated rings. The molecule has 0 bridgehead atoms. The van der Waals surface area contributed by atoms with E-state index < -0.39 is 0 Å². The first-order valence-electron chi connectivity index (χ1n) is 6.22. The first-order valence-corrected chi connectivity index (χ1v) is 6.22. The van der Waals surface area contributed by atoms with Gasteiger partial charge in [0.1, 0.15) is 11.5 Å². The van der Waals surface area contributed by atoms with Crippen molar-refractivity contribution in [1.82, 2.24) is 14.9 Å². The quantitative estimate of drug-likeness (QED) is 0.868. The van der Waals surface area contributed by atoms with Gasteiger partial charge in [-0.25, -0.2) is 9.97 Å². The predicted octanol–water partition coefficient (Wildman–Crippen LogP) is 2.02. The van der Waals surface area contributed by atoms with Crippen LogP contribution in [-0.4, -0.2) is 40.9 Å². The van der Waals surface area contributed by atoms with E-state index >= 15 is 0 Å². The van der Waals surface area contributed by atoms with Gasteiger partial charge < -0.3 is 10.2 Å². The van der Waals surface area contributed by atoms with Crippen LogP contribution in [0.25, 0.3) is 0 Å². The SMILES string of the molecule is CNc1cnc(C(=O)N(C)C(C)CC(C)C)cn1. The zero-order valence-corrected chi connectivity index (χ0v) is 11.8. The number of hydrogen-bond donors (Lipinski definition) is 1. The molecule has 1 rings (SSSR count). The molecule has 0 saturated carbocycles. The van der Waals surface area contributed by atoms with Gasteiger partial charge >= 0.3 is 0 Å². The van der Waals surface area contributed by atoms with Crippen molar-refractivity contribution in [3.8, 4) is 0 Å². The highest BCUT2D eigenvalue weighted by atomic mass is 16.2. The maximum atomic E-state index is 12.2. The first kappa shape index (κ1) is 14.4. The number of carbonyl (C=O) groups excluding carboxylic acids is 1. The molecule has 0 aliphatic carbocycles. The van der Waals surface area contributed by atoms with E-state index in [0.717, 1.165) is 6.42 Å². The van der Waals surface area contributed by atoms with E-state index in [1.165, 1.54) is 6.20 Å². The topological polar surface area (TPSA) is 58.1 Å². The summed E-state index contributed by atoms with van der Waals surface area (Å²) >= 11 is 0. The van der Waals surface area contributed by atoms with Gasteiger partial charge in [0, 0.05) is 20.1 Å². The zero-order valence-electron chi connectivity index (χ0n) is 11.8. The number of nitrogens with one attached hydrogen (secondary N) is 1. The van der Waals surface area contributed by atoms with E-state index in [0.29, 0.717) is 17.4 Å². The van der Waals surface area contributed by atoms with E-state index in [9.17, 15) is 4.79 Å². The van der Waals surface area contributed by atoms with Crippen molar-refractivity contribution >= 4 is 11.7 Å². The third-order valence-electron chi connectivity index (χ3n) is 2.92. The number of amides is 1. The van der Waals surface area contributed by atoms with Crippen LogP contribution in [0.15, 0.2) is 12.4 Å². The highest BCUT2D eigenvalue weighted by Gasteiger charge is 2.19. The number of nitrogens with zero attached hydrogens (tertiary/aromatic N) is 3. The zero-order chi connectivity index (χ0) is 13.7. The Bertz CT molecular complexity index is 388. The highest BCUT2D eigenvalue weighted by molar-refractivity contribution is 5.92. The Labute approximate surface area is 109 Å². The van der Waals surface area contributed by atoms with E-state index in [1.807, 2.05) is 14.0 Å². The van der Waals surface area contributed by atoms with Gasteiger partial charge in [-0.2, -0.15) is 0 Å². The molecule has 0 saturated heterocycles. The monoisotopic (exact) mass is 250 g/mol. The Morgan fingerprint density at radius 3 is 2.44 bits per heavy atom. The van der Waals surface area contributed by atoms with Crippen LogP contribution in [0.5, 0.6) is 0 Å². The minimum atomic E-state index is -0.0849. The fourth-order valence-electron chi connectivity index (χ4n) is 1.79. The molecule has 0 aromatic carbocycles. The molecule has 5 nitrogen and oxygen atoms in total. The Kier molecular flexibility index (Phi) is 5.07. The fourth-order valence-corrected chi connectivity index (χ4v) is 1.79. The molecule has 0 spiro atoms. The lowest BCUT2D eigenvalue weighted by Gasteiger charge is -2.25. The van der Waals surface area contributed by atoms with Gasteiger partial charge in [0.25, 0.3) is 5.91 Å². The van der Waals surface area contributed by atoms with Crippen molar-refractivity contribution in [3.63, 3.8) is 0 Å². The highest BCUT2D eigenvalue weighted by Crippen LogP contribution is 2.12. The van der Waals surface area contributed by atoms with Crippen LogP contribution in [0.3, 0.4) is 0 Å². The molecule has 1 atom stereocenters. The summed E-state index contributed by atoms with van der Waals surface area (Å²) in [6.07, 6.45) is 4.05. The molecule has 1 N–H and O–H groups in total. The van der Waals surface area contributed by atoms with Crippen LogP contribution in [0, 0.1) is 5.92 Å². The summed E-state index contributed by atoms with van der Waals surface area (Å²) in [7, 11) is 3.57. The Hall–Kier alpha value is -1.65. The van der Waals surface area contributed by atoms with Crippen LogP contribution in [-0.2, 0) is 0 Å². The number of hydrogen-bond acceptors (Lipinski definition) is 4. The second-order valence-electron chi connectivity index (χ2n) is 4.93. The molecule has 100 valence electrons. The molecular weight excluding hydrogens is 228 g/mol. The molecule has 1 unspecified atom stereocenters. The molecule has 1 aromatic rings. The van der Waals surface area contributed by atoms with E-state index in [2.05, 4.69) is 29.1 Å². The molecule has 0 aliphatic rings. The van der Waals surface area contributed by atoms with Crippen LogP contribution < -0.4 is 5.32 Å². The lowest BCUT2D eigenvalue weighted by atomic mass is 10.0. The second kappa shape index (κ2) is 6.33. The average molecular weight is 250 g/mol. The largest absolute Gasteiger partial charge is 0.372 e. The average Bonchev–Trinajstić information content (AvgIpc) is 2.36. The van der Waals surface area contributed by atoms with Gasteiger partial charge in [-0.15, -0.1) is 0 Å². The Morgan fingerprint density at radius 1 is 1.33 bits per heavy atom. The van der Waals surface area contributed by atoms with Crippen molar-refractivity contribution in [1.29, 1.82) is 0 Å². The lowest BCUT2D eigenvalue weighted by molar-refractivity contribution is 0.0722. The van der Waals surface area contributed by atoms with Crippen LogP contribution >= 0.6 is 0 Å². The third kappa shape index (κ3) is 3.68. The summed E-state index contributed by atoms with van der Waals surface area (Å²) < 4.78 is 0. The molecule has 18 heavy (non-hydrogen) atoms. The molecule has 1 heterocycles. The predicted molar refractivity (Wildman–Crippen MR) is 72.6 cm³/mol. The smallest absolute Gasteiger partial charge is 0.274 e. The van der Waals surface area contributed by atoms with Crippen LogP contribution in [0.2, 0.25) is 0 Å². The molecule has 0 aliphatic heterocycles. The van der Waals surface area contributed by atoms with Crippen molar-refractivity contribution < 1.29 is 4.79 Å². The minimum absolute atomic E-state index is 0.0849. The number of carbonyl (C=O) groups is 1. The molecule has 5 heteroatoms. The number of rotatable bonds is 5. The normalized spacial score (nSPS) is 12.3. The Morgan fingerprint density at radius 2 is 2.00 bits per heavy atom. The summed E-state index contributed by atoms with van der Waals surface area (Å²) in [6.45, 7) is 6.35. The maximum absolute atomic E-state index is 12.2. The number of anilines is 1. The van der Waals surface area contributed by atoms with Gasteiger partial charge in [-0.3, -0.25) is 4.79 Å². The van der Waals surface area contributed by atoms with Gasteiger partial charge in [-0.1, -0.05) is 13.8 Å². The van der Waals surface area contributed by atoms with Gasteiger partial charge in [0.05, 0.1) is 12.4 Å². The third-order valence-corrected chi connectivity index (χ3v) is 2.92. The summed E-state index contributed by atoms with van der Waals surface area (Å²) in [5.41, 5.74) is 0.382. The minimum Gasteiger partial charge on any atom is -0.372 e. The molecule has 1 aromatic heterocycles. The molecule has 0 radical (unpaired) electrons. The van der Waals surface area contributed by atoms with Crippen molar-refractivity contribution in [2.24, 2.45) is 5.92 Å². The standard InChI is InChI=1S/C13H22N4O/c1-9(2)6-10(3)17(5)13(18)11-7-16-12(14-4)8-15-11/h7-10H,6H2,1-5H3,(H,14,16). The molecule has 1 amide bonds. The van der Waals surface area contributed by atoms with E-state index in [1.54, 1.807) is 18.1 Å². The molecular formula is C13H22N4O. The lowest BCUT2D eigenvalue weighted by Crippen LogP contribution is -2.36. The number of aromatic nitrogens is 2. The van der Waals surface area contributed by atoms with E-state index in [-0.39, 0.29) is 11.9 Å². The van der Waals surface area contributed by atoms with Crippen molar-refractivity contribution in [2.75, 3.05) is 19.4 Å². The summed E-state index contributed by atoms with van der Waals surface area (Å²) in [5, 5.41) is 2.87. The van der Waals surface area contributed by atoms with Gasteiger partial charge in [0.2, 0.25) is 0 Å². The van der Waals surface area contributed by atoms with Gasteiger partial charge in [0.15, 0.2) is 0 Å². The van der Waals surface area contributed by atoms with Crippen LogP contribution in [0.4, 0.5) is 5.82 Å². The summed E-state index contributed by atoms with van der Waals surface area (Å²) in [5.74, 6) is 1.13. The Balaban J connectivity index is 2.73. The van der Waals surface area contributed by atoms with Crippen molar-refractivity contribution in [2.45, 2.75) is 33.2 Å². The second-order valence-corrected chi connectivity index (χ2v) is 4.93.